The van der Waals surface area contributed by atoms with Crippen molar-refractivity contribution in [1.29, 1.82) is 0 Å². The number of nitrogens with zero attached hydrogens (tertiary/aromatic N) is 3. The topological polar surface area (TPSA) is 63.5 Å². The van der Waals surface area contributed by atoms with E-state index in [2.05, 4.69) is 43.4 Å². The quantitative estimate of drug-likeness (QED) is 0.575. The molecular formula is C23H35N5O. The van der Waals surface area contributed by atoms with Crippen molar-refractivity contribution in [2.24, 2.45) is 16.3 Å². The molecule has 3 rings (SSSR count). The van der Waals surface area contributed by atoms with Crippen LogP contribution in [0.15, 0.2) is 47.6 Å². The van der Waals surface area contributed by atoms with E-state index in [1.165, 1.54) is 6.42 Å². The summed E-state index contributed by atoms with van der Waals surface area (Å²) in [5, 5.41) is 11.5. The Bertz CT molecular complexity index is 778. The van der Waals surface area contributed by atoms with E-state index in [9.17, 15) is 0 Å². The smallest absolute Gasteiger partial charge is 0.191 e. The molecule has 158 valence electrons. The summed E-state index contributed by atoms with van der Waals surface area (Å²) < 4.78 is 8.00. The maximum atomic E-state index is 6.11. The predicted molar refractivity (Wildman–Crippen MR) is 118 cm³/mol. The van der Waals surface area contributed by atoms with Gasteiger partial charge in [-0.05, 0) is 43.4 Å². The number of hydrogen-bond donors (Lipinski definition) is 2. The van der Waals surface area contributed by atoms with Crippen LogP contribution in [0.25, 0.3) is 5.69 Å². The second kappa shape index (κ2) is 9.92. The lowest BCUT2D eigenvalue weighted by Gasteiger charge is -2.40. The minimum atomic E-state index is 0.145. The predicted octanol–water partition coefficient (Wildman–Crippen LogP) is 3.77. The van der Waals surface area contributed by atoms with Gasteiger partial charge in [-0.3, -0.25) is 0 Å². The molecule has 6 heteroatoms. The van der Waals surface area contributed by atoms with E-state index in [1.54, 1.807) is 0 Å². The van der Waals surface area contributed by atoms with Crippen molar-refractivity contribution in [1.82, 2.24) is 20.4 Å². The van der Waals surface area contributed by atoms with Crippen molar-refractivity contribution >= 4 is 5.96 Å². The number of hydrogen-bond acceptors (Lipinski definition) is 3. The zero-order valence-corrected chi connectivity index (χ0v) is 18.2. The molecule has 0 saturated carbocycles. The van der Waals surface area contributed by atoms with Crippen molar-refractivity contribution in [3.63, 3.8) is 0 Å². The molecule has 0 radical (unpaired) electrons. The number of para-hydroxylation sites is 1. The highest BCUT2D eigenvalue weighted by Crippen LogP contribution is 2.33. The molecule has 2 unspecified atom stereocenters. The van der Waals surface area contributed by atoms with Gasteiger partial charge in [0.05, 0.1) is 24.0 Å². The van der Waals surface area contributed by atoms with E-state index in [1.807, 2.05) is 47.3 Å². The molecule has 6 nitrogen and oxygen atoms in total. The summed E-state index contributed by atoms with van der Waals surface area (Å²) in [4.78, 5) is 4.74. The van der Waals surface area contributed by atoms with Crippen LogP contribution in [0.2, 0.25) is 0 Å². The van der Waals surface area contributed by atoms with Gasteiger partial charge >= 0.3 is 0 Å². The highest BCUT2D eigenvalue weighted by atomic mass is 16.5. The Balaban J connectivity index is 1.61. The Morgan fingerprint density at radius 3 is 2.72 bits per heavy atom. The van der Waals surface area contributed by atoms with Gasteiger partial charge in [0.2, 0.25) is 0 Å². The first-order chi connectivity index (χ1) is 14.0. The van der Waals surface area contributed by atoms with E-state index in [4.69, 9.17) is 9.73 Å². The van der Waals surface area contributed by atoms with Gasteiger partial charge in [0, 0.05) is 31.8 Å². The van der Waals surface area contributed by atoms with Crippen molar-refractivity contribution in [3.8, 4) is 5.69 Å². The third kappa shape index (κ3) is 6.07. The maximum Gasteiger partial charge on any atom is 0.191 e. The number of rotatable bonds is 6. The van der Waals surface area contributed by atoms with Crippen molar-refractivity contribution in [3.05, 3.63) is 48.3 Å². The van der Waals surface area contributed by atoms with Crippen LogP contribution in [0.3, 0.4) is 0 Å². The molecule has 2 aromatic rings. The number of ether oxygens (including phenoxy) is 1. The largest absolute Gasteiger partial charge is 0.377 e. The van der Waals surface area contributed by atoms with Crippen LogP contribution in [0.4, 0.5) is 0 Å². The molecule has 29 heavy (non-hydrogen) atoms. The fourth-order valence-corrected chi connectivity index (χ4v) is 3.91. The van der Waals surface area contributed by atoms with Crippen molar-refractivity contribution in [2.45, 2.75) is 53.2 Å². The summed E-state index contributed by atoms with van der Waals surface area (Å²) in [6.07, 6.45) is 4.57. The van der Waals surface area contributed by atoms with Gasteiger partial charge in [0.1, 0.15) is 0 Å². The van der Waals surface area contributed by atoms with Gasteiger partial charge in [-0.15, -0.1) is 0 Å². The lowest BCUT2D eigenvalue weighted by molar-refractivity contribution is -0.0835. The Labute approximate surface area is 174 Å². The summed E-state index contributed by atoms with van der Waals surface area (Å²) in [7, 11) is 0. The fraction of sp³-hybridized carbons (Fsp3) is 0.565. The molecule has 2 N–H and O–H groups in total. The first-order valence-corrected chi connectivity index (χ1v) is 10.7. The summed E-state index contributed by atoms with van der Waals surface area (Å²) in [6.45, 7) is 12.0. The second-order valence-corrected chi connectivity index (χ2v) is 8.72. The van der Waals surface area contributed by atoms with E-state index in [0.29, 0.717) is 12.5 Å². The van der Waals surface area contributed by atoms with Crippen LogP contribution in [0.1, 0.15) is 46.2 Å². The van der Waals surface area contributed by atoms with Gasteiger partial charge in [-0.2, -0.15) is 5.10 Å². The molecular weight excluding hydrogens is 362 g/mol. The average Bonchev–Trinajstić information content (AvgIpc) is 3.19. The Kier molecular flexibility index (Phi) is 7.31. The van der Waals surface area contributed by atoms with Gasteiger partial charge < -0.3 is 15.4 Å². The molecule has 2 atom stereocenters. The summed E-state index contributed by atoms with van der Waals surface area (Å²) in [5.74, 6) is 1.32. The molecule has 2 heterocycles. The molecule has 0 amide bonds. The Hall–Kier alpha value is -2.34. The first-order valence-electron chi connectivity index (χ1n) is 10.7. The van der Waals surface area contributed by atoms with Crippen molar-refractivity contribution < 1.29 is 4.74 Å². The average molecular weight is 398 g/mol. The molecule has 0 bridgehead atoms. The lowest BCUT2D eigenvalue weighted by atomic mass is 9.78. The zero-order chi connectivity index (χ0) is 20.7. The minimum absolute atomic E-state index is 0.145. The number of nitrogens with one attached hydrogen (secondary N) is 2. The van der Waals surface area contributed by atoms with Gasteiger partial charge in [-0.1, -0.05) is 39.0 Å². The first kappa shape index (κ1) is 21.4. The van der Waals surface area contributed by atoms with Gasteiger partial charge in [0.15, 0.2) is 5.96 Å². The van der Waals surface area contributed by atoms with Crippen LogP contribution < -0.4 is 10.6 Å². The maximum absolute atomic E-state index is 6.11. The standard InChI is InChI=1S/C23H35N5O/c1-5-24-22(25-16-18-10-9-15-29-21(18)23(2,3)4)26-17-19-13-14-28(27-19)20-11-7-6-8-12-20/h6-8,11-14,18,21H,5,9-10,15-17H2,1-4H3,(H2,24,25,26). The van der Waals surface area contributed by atoms with Crippen molar-refractivity contribution in [2.75, 3.05) is 19.7 Å². The monoisotopic (exact) mass is 397 g/mol. The summed E-state index contributed by atoms with van der Waals surface area (Å²) in [5.41, 5.74) is 2.14. The van der Waals surface area contributed by atoms with Crippen LogP contribution >= 0.6 is 0 Å². The van der Waals surface area contributed by atoms with Gasteiger partial charge in [-0.25, -0.2) is 9.67 Å². The highest BCUT2D eigenvalue weighted by Gasteiger charge is 2.35. The molecule has 1 aromatic heterocycles. The number of aromatic nitrogens is 2. The van der Waals surface area contributed by atoms with E-state index in [0.717, 1.165) is 43.5 Å². The summed E-state index contributed by atoms with van der Waals surface area (Å²) >= 11 is 0. The molecule has 0 aliphatic carbocycles. The minimum Gasteiger partial charge on any atom is -0.377 e. The molecule has 1 aliphatic heterocycles. The molecule has 1 aromatic carbocycles. The molecule has 1 saturated heterocycles. The number of guanidine groups is 1. The van der Waals surface area contributed by atoms with E-state index >= 15 is 0 Å². The van der Waals surface area contributed by atoms with Crippen LogP contribution in [-0.4, -0.2) is 41.5 Å². The third-order valence-corrected chi connectivity index (χ3v) is 5.24. The normalized spacial score (nSPS) is 20.5. The van der Waals surface area contributed by atoms with Gasteiger partial charge in [0.25, 0.3) is 0 Å². The van der Waals surface area contributed by atoms with Crippen LogP contribution in [0.5, 0.6) is 0 Å². The molecule has 1 fully saturated rings. The van der Waals surface area contributed by atoms with Crippen LogP contribution in [0, 0.1) is 11.3 Å². The fourth-order valence-electron chi connectivity index (χ4n) is 3.91. The zero-order valence-electron chi connectivity index (χ0n) is 18.2. The number of benzene rings is 1. The Morgan fingerprint density at radius 2 is 2.00 bits per heavy atom. The highest BCUT2D eigenvalue weighted by molar-refractivity contribution is 5.79. The molecule has 0 spiro atoms. The third-order valence-electron chi connectivity index (χ3n) is 5.24. The van der Waals surface area contributed by atoms with Crippen LogP contribution in [-0.2, 0) is 11.3 Å². The lowest BCUT2D eigenvalue weighted by Crippen LogP contribution is -2.47. The van der Waals surface area contributed by atoms with E-state index in [-0.39, 0.29) is 11.5 Å². The second-order valence-electron chi connectivity index (χ2n) is 8.72. The number of aliphatic imine (C=N–C) groups is 1. The van der Waals surface area contributed by atoms with E-state index < -0.39 is 0 Å². The Morgan fingerprint density at radius 1 is 1.21 bits per heavy atom. The molecule has 1 aliphatic rings. The summed E-state index contributed by atoms with van der Waals surface area (Å²) in [6, 6.07) is 12.1. The SMILES string of the molecule is CCNC(=NCc1ccn(-c2ccccc2)n1)NCC1CCCOC1C(C)(C)C.